The van der Waals surface area contributed by atoms with Crippen LogP contribution >= 0.6 is 0 Å². The number of nitrogens with one attached hydrogen (secondary N) is 1. The van der Waals surface area contributed by atoms with Crippen molar-refractivity contribution < 1.29 is 27.9 Å². The third-order valence-corrected chi connectivity index (χ3v) is 4.99. The number of ether oxygens (including phenoxy) is 2. The lowest BCUT2D eigenvalue weighted by atomic mass is 10.1. The molecule has 10 nitrogen and oxygen atoms in total. The van der Waals surface area contributed by atoms with E-state index in [0.717, 1.165) is 22.9 Å². The highest BCUT2D eigenvalue weighted by Crippen LogP contribution is 2.25. The molecule has 4 rings (SSSR count). The molecule has 2 heterocycles. The summed E-state index contributed by atoms with van der Waals surface area (Å²) in [6.45, 7) is 3.69. The molecule has 36 heavy (non-hydrogen) atoms. The Morgan fingerprint density at radius 1 is 1.06 bits per heavy atom. The fraction of sp³-hybridized carbons (Fsp3) is 0.160. The molecule has 0 aliphatic heterocycles. The van der Waals surface area contributed by atoms with Crippen LogP contribution < -0.4 is 21.2 Å². The van der Waals surface area contributed by atoms with Crippen molar-refractivity contribution >= 4 is 28.5 Å². The van der Waals surface area contributed by atoms with Gasteiger partial charge in [-0.15, -0.1) is 0 Å². The molecule has 4 aromatic rings. The molecule has 0 saturated carbocycles. The monoisotopic (exact) mass is 493 g/mol. The highest BCUT2D eigenvalue weighted by molar-refractivity contribution is 6.08. The van der Waals surface area contributed by atoms with Gasteiger partial charge in [0, 0.05) is 11.5 Å². The van der Waals surface area contributed by atoms with Crippen molar-refractivity contribution in [2.75, 3.05) is 18.5 Å². The minimum absolute atomic E-state index is 0.00000148. The lowest BCUT2D eigenvalue weighted by Gasteiger charge is -2.12. The van der Waals surface area contributed by atoms with Crippen molar-refractivity contribution in [2.45, 2.75) is 13.8 Å². The summed E-state index contributed by atoms with van der Waals surface area (Å²) in [7, 11) is 0. The van der Waals surface area contributed by atoms with Crippen molar-refractivity contribution in [1.82, 2.24) is 9.78 Å². The van der Waals surface area contributed by atoms with E-state index in [1.54, 1.807) is 32.0 Å². The first kappa shape index (κ1) is 24.3. The van der Waals surface area contributed by atoms with Gasteiger partial charge in [0.1, 0.15) is 11.4 Å². The lowest BCUT2D eigenvalue weighted by Crippen LogP contribution is -2.28. The molecule has 0 bridgehead atoms. The van der Waals surface area contributed by atoms with Crippen LogP contribution in [0.15, 0.2) is 68.6 Å². The minimum Gasteiger partial charge on any atom is -0.490 e. The Kier molecular flexibility index (Phi) is 6.91. The van der Waals surface area contributed by atoms with Crippen LogP contribution in [-0.2, 0) is 4.74 Å². The summed E-state index contributed by atoms with van der Waals surface area (Å²) in [5.41, 5.74) is -2.34. The number of carbonyl (C=O) groups is 2. The van der Waals surface area contributed by atoms with E-state index >= 15 is 0 Å². The van der Waals surface area contributed by atoms with Gasteiger partial charge in [0.25, 0.3) is 11.5 Å². The summed E-state index contributed by atoms with van der Waals surface area (Å²) in [6.07, 6.45) is 0. The molecular weight excluding hydrogens is 473 g/mol. The summed E-state index contributed by atoms with van der Waals surface area (Å²) in [5.74, 6) is -2.03. The molecule has 0 atom stereocenters. The number of carbonyl (C=O) groups excluding carboxylic acids is 2. The maximum absolute atomic E-state index is 13.3. The van der Waals surface area contributed by atoms with Gasteiger partial charge >= 0.3 is 11.6 Å². The van der Waals surface area contributed by atoms with E-state index in [9.17, 15) is 23.6 Å². The number of anilines is 1. The van der Waals surface area contributed by atoms with E-state index in [4.69, 9.17) is 13.9 Å². The maximum Gasteiger partial charge on any atom is 0.360 e. The zero-order valence-electron chi connectivity index (χ0n) is 19.2. The van der Waals surface area contributed by atoms with Gasteiger partial charge < -0.3 is 19.2 Å². The summed E-state index contributed by atoms with van der Waals surface area (Å²) in [5, 5.41) is 6.82. The molecule has 0 unspecified atom stereocenters. The highest BCUT2D eigenvalue weighted by atomic mass is 19.1. The van der Waals surface area contributed by atoms with Crippen LogP contribution in [-0.4, -0.2) is 34.9 Å². The van der Waals surface area contributed by atoms with E-state index < -0.39 is 34.6 Å². The number of rotatable bonds is 7. The molecule has 0 aliphatic rings. The molecule has 0 saturated heterocycles. The van der Waals surface area contributed by atoms with Crippen LogP contribution in [0, 0.1) is 5.82 Å². The molecule has 0 radical (unpaired) electrons. The third-order valence-electron chi connectivity index (χ3n) is 4.99. The standard InChI is InChI=1S/C25H20FN3O7/c1-3-34-19-7-5-6-14-12-17(24(32)36-22(14)19)23(31)27-18-13-20(30)29(16-10-8-15(26)9-11-16)28-21(18)25(33)35-4-2/h5-13H,3-4H2,1-2H3,(H,27,31). The van der Waals surface area contributed by atoms with Gasteiger partial charge in [0.05, 0.1) is 24.6 Å². The SMILES string of the molecule is CCOC(=O)c1nn(-c2ccc(F)cc2)c(=O)cc1NC(=O)c1cc2cccc(OCC)c2oc1=O. The van der Waals surface area contributed by atoms with Gasteiger partial charge in [0.15, 0.2) is 17.0 Å². The van der Waals surface area contributed by atoms with E-state index in [-0.39, 0.29) is 29.1 Å². The summed E-state index contributed by atoms with van der Waals surface area (Å²) in [6, 6.07) is 12.0. The van der Waals surface area contributed by atoms with Gasteiger partial charge in [0.2, 0.25) is 0 Å². The second kappa shape index (κ2) is 10.2. The van der Waals surface area contributed by atoms with E-state index in [1.807, 2.05) is 0 Å². The van der Waals surface area contributed by atoms with Gasteiger partial charge in [-0.2, -0.15) is 9.78 Å². The second-order valence-corrected chi connectivity index (χ2v) is 7.36. The number of para-hydroxylation sites is 1. The number of nitrogens with zero attached hydrogens (tertiary/aromatic N) is 2. The van der Waals surface area contributed by atoms with Crippen molar-refractivity contribution in [3.8, 4) is 11.4 Å². The van der Waals surface area contributed by atoms with Crippen LogP contribution in [0.3, 0.4) is 0 Å². The van der Waals surface area contributed by atoms with Crippen LogP contribution in [0.2, 0.25) is 0 Å². The molecule has 0 fully saturated rings. The summed E-state index contributed by atoms with van der Waals surface area (Å²) >= 11 is 0. The number of hydrogen-bond acceptors (Lipinski definition) is 8. The van der Waals surface area contributed by atoms with E-state index in [2.05, 4.69) is 10.4 Å². The molecule has 0 aliphatic carbocycles. The fourth-order valence-electron chi connectivity index (χ4n) is 3.40. The number of benzene rings is 2. The Hall–Kier alpha value is -4.80. The number of amides is 1. The third kappa shape index (κ3) is 4.85. The Morgan fingerprint density at radius 3 is 2.50 bits per heavy atom. The number of aromatic nitrogens is 2. The lowest BCUT2D eigenvalue weighted by molar-refractivity contribution is 0.0518. The first-order valence-electron chi connectivity index (χ1n) is 10.9. The normalized spacial score (nSPS) is 10.8. The van der Waals surface area contributed by atoms with Crippen molar-refractivity contribution in [1.29, 1.82) is 0 Å². The minimum atomic E-state index is -0.947. The largest absolute Gasteiger partial charge is 0.490 e. The molecular formula is C25H20FN3O7. The smallest absolute Gasteiger partial charge is 0.360 e. The molecule has 0 spiro atoms. The summed E-state index contributed by atoms with van der Waals surface area (Å²) < 4.78 is 29.9. The number of halogens is 1. The first-order valence-corrected chi connectivity index (χ1v) is 10.9. The van der Waals surface area contributed by atoms with E-state index in [0.29, 0.717) is 17.7 Å². The Morgan fingerprint density at radius 2 is 1.81 bits per heavy atom. The Balaban J connectivity index is 1.76. The van der Waals surface area contributed by atoms with Gasteiger partial charge in [-0.1, -0.05) is 12.1 Å². The molecule has 2 aromatic heterocycles. The first-order chi connectivity index (χ1) is 17.3. The number of esters is 1. The Labute approximate surface area is 202 Å². The molecule has 1 N–H and O–H groups in total. The quantitative estimate of drug-likeness (QED) is 0.307. The van der Waals surface area contributed by atoms with Gasteiger partial charge in [-0.25, -0.2) is 14.0 Å². The molecule has 2 aromatic carbocycles. The second-order valence-electron chi connectivity index (χ2n) is 7.36. The topological polar surface area (TPSA) is 130 Å². The zero-order chi connectivity index (χ0) is 25.8. The van der Waals surface area contributed by atoms with Crippen LogP contribution in [0.25, 0.3) is 16.7 Å². The predicted molar refractivity (Wildman–Crippen MR) is 127 cm³/mol. The fourth-order valence-corrected chi connectivity index (χ4v) is 3.40. The molecule has 1 amide bonds. The van der Waals surface area contributed by atoms with Crippen molar-refractivity contribution in [2.24, 2.45) is 0 Å². The zero-order valence-corrected chi connectivity index (χ0v) is 19.2. The highest BCUT2D eigenvalue weighted by Gasteiger charge is 2.23. The van der Waals surface area contributed by atoms with Gasteiger partial charge in [-0.05, 0) is 50.2 Å². The number of fused-ring (bicyclic) bond motifs is 1. The van der Waals surface area contributed by atoms with Crippen LogP contribution in [0.5, 0.6) is 5.75 Å². The van der Waals surface area contributed by atoms with Crippen LogP contribution in [0.4, 0.5) is 10.1 Å². The average molecular weight is 493 g/mol. The summed E-state index contributed by atoms with van der Waals surface area (Å²) in [4.78, 5) is 50.9. The maximum atomic E-state index is 13.3. The van der Waals surface area contributed by atoms with Crippen molar-refractivity contribution in [3.05, 3.63) is 92.4 Å². The molecule has 11 heteroatoms. The van der Waals surface area contributed by atoms with E-state index in [1.165, 1.54) is 18.2 Å². The average Bonchev–Trinajstić information content (AvgIpc) is 2.85. The Bertz CT molecular complexity index is 1580. The predicted octanol–water partition coefficient (Wildman–Crippen LogP) is 3.31. The molecule has 184 valence electrons. The number of hydrogen-bond donors (Lipinski definition) is 1. The van der Waals surface area contributed by atoms with Crippen LogP contribution in [0.1, 0.15) is 34.7 Å². The van der Waals surface area contributed by atoms with Crippen molar-refractivity contribution in [3.63, 3.8) is 0 Å². The van der Waals surface area contributed by atoms with Gasteiger partial charge in [-0.3, -0.25) is 9.59 Å².